The zero-order chi connectivity index (χ0) is 34.0. The Morgan fingerprint density at radius 2 is 1.10 bits per heavy atom. The fourth-order valence-electron chi connectivity index (χ4n) is 17.9. The number of benzene rings is 1. The highest BCUT2D eigenvalue weighted by molar-refractivity contribution is 7.61. The largest absolute Gasteiger partial charge is 0.343 e. The van der Waals surface area contributed by atoms with Gasteiger partial charge in [-0.3, -0.25) is 0 Å². The summed E-state index contributed by atoms with van der Waals surface area (Å²) in [5.41, 5.74) is 0.0552. The number of allylic oxidation sites excluding steroid dienone is 4. The van der Waals surface area contributed by atoms with Crippen LogP contribution in [0.2, 0.25) is 0 Å². The molecular weight excluding hydrogens is 650 g/mol. The zero-order valence-corrected chi connectivity index (χ0v) is 33.3. The van der Waals surface area contributed by atoms with E-state index in [4.69, 9.17) is 14.2 Å². The number of ether oxygens (including phenoxy) is 3. The monoisotopic (exact) mass is 712 g/mol. The number of hydrogen-bond donors (Lipinski definition) is 0. The third kappa shape index (κ3) is 4.13. The maximum absolute atomic E-state index is 7.42. The van der Waals surface area contributed by atoms with Crippen LogP contribution in [-0.4, -0.2) is 45.4 Å². The predicted octanol–water partition coefficient (Wildman–Crippen LogP) is 10.8. The molecule has 270 valence electrons. The van der Waals surface area contributed by atoms with Gasteiger partial charge in [-0.05, 0) is 174 Å². The summed E-state index contributed by atoms with van der Waals surface area (Å²) in [6.45, 7) is 9.31. The van der Waals surface area contributed by atoms with Crippen LogP contribution in [0.15, 0.2) is 54.6 Å². The van der Waals surface area contributed by atoms with Gasteiger partial charge in [-0.15, -0.1) is 9.24 Å². The zero-order valence-electron chi connectivity index (χ0n) is 31.3. The van der Waals surface area contributed by atoms with E-state index in [0.717, 1.165) is 54.5 Å². The molecule has 12 bridgehead atoms. The molecule has 50 heavy (non-hydrogen) atoms. The first-order chi connectivity index (χ1) is 23.9. The third-order valence-electron chi connectivity index (χ3n) is 17.6. The summed E-state index contributed by atoms with van der Waals surface area (Å²) in [6.07, 6.45) is 32.7. The minimum atomic E-state index is -0.634. The summed E-state index contributed by atoms with van der Waals surface area (Å²) in [6, 6.07) is 11.8. The lowest BCUT2D eigenvalue weighted by atomic mass is 9.40. The topological polar surface area (TPSA) is 27.7 Å². The molecule has 7 atom stereocenters. The maximum Gasteiger partial charge on any atom is 0.172 e. The van der Waals surface area contributed by atoms with Crippen LogP contribution in [0.25, 0.3) is 0 Å². The average molecular weight is 713 g/mol. The minimum Gasteiger partial charge on any atom is -0.343 e. The molecule has 9 aliphatic carbocycles. The van der Waals surface area contributed by atoms with Gasteiger partial charge in [0.25, 0.3) is 0 Å². The minimum absolute atomic E-state index is 0.195. The maximum atomic E-state index is 7.42. The van der Waals surface area contributed by atoms with Crippen molar-refractivity contribution in [3.8, 4) is 0 Å². The molecule has 1 aromatic carbocycles. The molecule has 12 fully saturated rings. The molecule has 7 unspecified atom stereocenters. The molecule has 0 N–H and O–H groups in total. The quantitative estimate of drug-likeness (QED) is 0.264. The van der Waals surface area contributed by atoms with Gasteiger partial charge in [-0.2, -0.15) is 0 Å². The first kappa shape index (κ1) is 32.8. The fraction of sp³-hybridized carbons (Fsp3) is 0.778. The third-order valence-corrected chi connectivity index (χ3v) is 22.4. The van der Waals surface area contributed by atoms with Gasteiger partial charge >= 0.3 is 0 Å². The van der Waals surface area contributed by atoms with Gasteiger partial charge in [-0.25, -0.2) is 0 Å². The Bertz CT molecular complexity index is 1470. The Morgan fingerprint density at radius 1 is 0.640 bits per heavy atom. The summed E-state index contributed by atoms with van der Waals surface area (Å²) < 4.78 is 21.5. The molecule has 1 aromatic rings. The first-order valence-electron chi connectivity index (χ1n) is 20.9. The Labute approximate surface area is 305 Å². The summed E-state index contributed by atoms with van der Waals surface area (Å²) in [7, 11) is 3.11. The van der Waals surface area contributed by atoms with E-state index in [9.17, 15) is 0 Å². The fourth-order valence-corrected chi connectivity index (χ4v) is 24.6. The molecule has 0 radical (unpaired) electrons. The summed E-state index contributed by atoms with van der Waals surface area (Å²) in [4.78, 5) is 0. The van der Waals surface area contributed by atoms with Gasteiger partial charge in [-0.1, -0.05) is 62.6 Å². The average Bonchev–Trinajstić information content (AvgIpc) is 3.01. The number of rotatable bonds is 7. The summed E-state index contributed by atoms with van der Waals surface area (Å²) in [5.74, 6) is 5.16. The van der Waals surface area contributed by atoms with Crippen LogP contribution >= 0.6 is 17.2 Å². The lowest BCUT2D eigenvalue weighted by molar-refractivity contribution is -0.549. The molecule has 13 aliphatic rings. The molecule has 4 heterocycles. The lowest BCUT2D eigenvalue weighted by Gasteiger charge is -2.78. The SMILES string of the molecule is CC12CC3(C)OC(C)(CC(C)(O1)C3(CP)C1(c3ccccc3)C=CC=CC1CP(C13CC4CC(CC(C4)C1)C3)C13CC4CC(CC(C4)C1)C3)O2. The molecule has 14 rings (SSSR count). The van der Waals surface area contributed by atoms with Gasteiger partial charge in [0.1, 0.15) is 0 Å². The van der Waals surface area contributed by atoms with Crippen LogP contribution < -0.4 is 0 Å². The van der Waals surface area contributed by atoms with E-state index in [1.165, 1.54) is 11.7 Å². The van der Waals surface area contributed by atoms with E-state index in [2.05, 4.69) is 91.6 Å². The number of hydrogen-bond acceptors (Lipinski definition) is 3. The molecule has 5 heteroatoms. The molecular formula is C45H62O3P2. The first-order valence-corrected chi connectivity index (χ1v) is 23.2. The predicted molar refractivity (Wildman–Crippen MR) is 207 cm³/mol. The molecule has 4 saturated heterocycles. The highest BCUT2D eigenvalue weighted by Gasteiger charge is 2.82. The standard InChI is InChI=1S/C45H62O3P2/c1-38-27-40(3)47-39(2,28-41(4,46-38)48-40)45(38,29-49)44(36-10-6-5-7-11-36)13-9-8-12-37(44)26-50(42-20-30-14-31(21-42)16-32(15-30)22-42)43-23-33-17-34(24-43)19-35(18-33)25-43/h5-13,30-35,37H,14-29,49H2,1-4H3. The van der Waals surface area contributed by atoms with Crippen LogP contribution in [0.1, 0.15) is 123 Å². The highest BCUT2D eigenvalue weighted by atomic mass is 31.1. The van der Waals surface area contributed by atoms with Crippen molar-refractivity contribution in [2.75, 3.05) is 12.3 Å². The molecule has 0 amide bonds. The van der Waals surface area contributed by atoms with Crippen molar-refractivity contribution in [1.29, 1.82) is 0 Å². The van der Waals surface area contributed by atoms with Gasteiger partial charge in [0.15, 0.2) is 11.6 Å². The van der Waals surface area contributed by atoms with Crippen molar-refractivity contribution in [2.45, 2.75) is 156 Å². The smallest absolute Gasteiger partial charge is 0.172 e. The molecule has 0 aromatic heterocycles. The van der Waals surface area contributed by atoms with E-state index in [1.807, 2.05) is 0 Å². The van der Waals surface area contributed by atoms with Crippen LogP contribution in [0, 0.1) is 46.8 Å². The van der Waals surface area contributed by atoms with E-state index >= 15 is 0 Å². The van der Waals surface area contributed by atoms with Crippen LogP contribution in [0.3, 0.4) is 0 Å². The van der Waals surface area contributed by atoms with E-state index in [1.54, 1.807) is 77.0 Å². The van der Waals surface area contributed by atoms with Gasteiger partial charge < -0.3 is 14.2 Å². The van der Waals surface area contributed by atoms with Crippen molar-refractivity contribution >= 4 is 17.2 Å². The van der Waals surface area contributed by atoms with Crippen molar-refractivity contribution in [1.82, 2.24) is 0 Å². The second kappa shape index (κ2) is 10.4. The summed E-state index contributed by atoms with van der Waals surface area (Å²) in [5, 5.41) is 1.20. The van der Waals surface area contributed by atoms with Gasteiger partial charge in [0.05, 0.1) is 11.2 Å². The molecule has 4 aliphatic heterocycles. The highest BCUT2D eigenvalue weighted by Crippen LogP contribution is 2.81. The Hall–Kier alpha value is -0.560. The van der Waals surface area contributed by atoms with Crippen molar-refractivity contribution in [3.63, 3.8) is 0 Å². The van der Waals surface area contributed by atoms with E-state index in [-0.39, 0.29) is 18.8 Å². The normalized spacial score (nSPS) is 58.3. The van der Waals surface area contributed by atoms with E-state index < -0.39 is 22.8 Å². The molecule has 8 saturated carbocycles. The van der Waals surface area contributed by atoms with E-state index in [0.29, 0.717) is 16.2 Å². The van der Waals surface area contributed by atoms with Crippen LogP contribution in [0.4, 0.5) is 0 Å². The van der Waals surface area contributed by atoms with Crippen LogP contribution in [-0.2, 0) is 19.6 Å². The summed E-state index contributed by atoms with van der Waals surface area (Å²) >= 11 is 0. The van der Waals surface area contributed by atoms with Crippen molar-refractivity contribution in [2.24, 2.45) is 46.8 Å². The van der Waals surface area contributed by atoms with Gasteiger partial charge in [0, 0.05) is 23.7 Å². The Morgan fingerprint density at radius 3 is 1.54 bits per heavy atom. The van der Waals surface area contributed by atoms with Gasteiger partial charge in [0.2, 0.25) is 0 Å². The van der Waals surface area contributed by atoms with Crippen molar-refractivity contribution < 1.29 is 14.2 Å². The lowest BCUT2D eigenvalue weighted by Crippen LogP contribution is -2.86. The second-order valence-corrected chi connectivity index (χ2v) is 24.5. The Kier molecular flexibility index (Phi) is 6.82. The molecule has 0 spiro atoms. The second-order valence-electron chi connectivity index (χ2n) is 21.0. The van der Waals surface area contributed by atoms with Crippen LogP contribution in [0.5, 0.6) is 0 Å². The van der Waals surface area contributed by atoms with Crippen molar-refractivity contribution in [3.05, 3.63) is 60.2 Å². The molecule has 3 nitrogen and oxygen atoms in total. The Balaban J connectivity index is 1.11.